The summed E-state index contributed by atoms with van der Waals surface area (Å²) < 4.78 is 10.5. The zero-order chi connectivity index (χ0) is 24.4. The fourth-order valence-electron chi connectivity index (χ4n) is 3.75. The molecule has 184 valence electrons. The number of hydrogen-bond donors (Lipinski definition) is 0. The van der Waals surface area contributed by atoms with Gasteiger partial charge in [0.15, 0.2) is 0 Å². The molecule has 2 aromatic carbocycles. The molecule has 0 saturated carbocycles. The van der Waals surface area contributed by atoms with Crippen molar-refractivity contribution >= 4 is 11.9 Å². The number of esters is 2. The number of hydrogen-bond acceptors (Lipinski definition) is 4. The Balaban J connectivity index is 1.69. The Morgan fingerprint density at radius 2 is 0.912 bits per heavy atom. The van der Waals surface area contributed by atoms with Gasteiger partial charge >= 0.3 is 11.9 Å². The van der Waals surface area contributed by atoms with Gasteiger partial charge in [-0.1, -0.05) is 89.5 Å². The molecule has 0 spiro atoms. The summed E-state index contributed by atoms with van der Waals surface area (Å²) in [7, 11) is 0. The van der Waals surface area contributed by atoms with Crippen molar-refractivity contribution in [1.29, 1.82) is 0 Å². The Bertz CT molecular complexity index is 792. The molecule has 0 fully saturated rings. The summed E-state index contributed by atoms with van der Waals surface area (Å²) in [6, 6.07) is 15.1. The first-order chi connectivity index (χ1) is 16.6. The number of benzene rings is 2. The zero-order valence-electron chi connectivity index (χ0n) is 20.9. The molecule has 2 aromatic rings. The van der Waals surface area contributed by atoms with Crippen molar-refractivity contribution < 1.29 is 19.1 Å². The summed E-state index contributed by atoms with van der Waals surface area (Å²) in [5.41, 5.74) is 2.47. The lowest BCUT2D eigenvalue weighted by Gasteiger charge is -2.05. The van der Waals surface area contributed by atoms with Gasteiger partial charge in [-0.2, -0.15) is 0 Å². The topological polar surface area (TPSA) is 52.6 Å². The van der Waals surface area contributed by atoms with Crippen molar-refractivity contribution in [2.75, 3.05) is 0 Å². The third-order valence-corrected chi connectivity index (χ3v) is 5.78. The lowest BCUT2D eigenvalue weighted by molar-refractivity contribution is -0.131. The van der Waals surface area contributed by atoms with Crippen LogP contribution >= 0.6 is 0 Å². The van der Waals surface area contributed by atoms with Crippen LogP contribution in [0.4, 0.5) is 0 Å². The monoisotopic (exact) mass is 464 g/mol. The summed E-state index contributed by atoms with van der Waals surface area (Å²) >= 11 is 0. The molecule has 0 unspecified atom stereocenters. The van der Waals surface area contributed by atoms with E-state index in [4.69, 9.17) is 9.47 Å². The van der Waals surface area contributed by atoms with E-state index in [-0.39, 0.29) is 0 Å². The lowest BCUT2D eigenvalue weighted by Crippen LogP contribution is -2.08. The summed E-state index contributed by atoms with van der Waals surface area (Å²) in [6.45, 7) is 4.43. The molecule has 4 heteroatoms. The van der Waals surface area contributed by atoms with E-state index in [2.05, 4.69) is 13.8 Å². The van der Waals surface area contributed by atoms with Gasteiger partial charge in [0.25, 0.3) is 0 Å². The van der Waals surface area contributed by atoms with Crippen LogP contribution in [-0.4, -0.2) is 11.9 Å². The van der Waals surface area contributed by atoms with Gasteiger partial charge in [0.05, 0.1) is 0 Å². The minimum atomic E-state index is -0.609. The average Bonchev–Trinajstić information content (AvgIpc) is 2.84. The van der Waals surface area contributed by atoms with E-state index in [1.807, 2.05) is 24.3 Å². The highest BCUT2D eigenvalue weighted by Gasteiger charge is 2.05. The molecule has 0 bridgehead atoms. The lowest BCUT2D eigenvalue weighted by atomic mass is 10.1. The first-order valence-corrected chi connectivity index (χ1v) is 12.9. The van der Waals surface area contributed by atoms with Crippen molar-refractivity contribution in [3.8, 4) is 11.5 Å². The fourth-order valence-corrected chi connectivity index (χ4v) is 3.75. The standard InChI is InChI=1S/C30H40O4/c1-3-5-7-9-11-13-25-15-19-27(20-16-25)33-29(31)23-24-30(32)34-28-21-17-26(18-22-28)14-12-10-8-6-4-2/h15-24H,3-14H2,1-2H3. The van der Waals surface area contributed by atoms with Gasteiger partial charge in [0, 0.05) is 12.2 Å². The molecule has 0 amide bonds. The minimum Gasteiger partial charge on any atom is -0.423 e. The fraction of sp³-hybridized carbons (Fsp3) is 0.467. The van der Waals surface area contributed by atoms with E-state index >= 15 is 0 Å². The minimum absolute atomic E-state index is 0.461. The molecule has 0 heterocycles. The second-order valence-electron chi connectivity index (χ2n) is 8.79. The number of rotatable bonds is 16. The predicted molar refractivity (Wildman–Crippen MR) is 138 cm³/mol. The number of carbonyl (C=O) groups is 2. The van der Waals surface area contributed by atoms with E-state index in [0.717, 1.165) is 25.0 Å². The Morgan fingerprint density at radius 1 is 0.559 bits per heavy atom. The smallest absolute Gasteiger partial charge is 0.336 e. The van der Waals surface area contributed by atoms with Crippen LogP contribution in [0, 0.1) is 0 Å². The summed E-state index contributed by atoms with van der Waals surface area (Å²) in [5, 5.41) is 0. The quantitative estimate of drug-likeness (QED) is 0.110. The maximum absolute atomic E-state index is 12.0. The van der Waals surface area contributed by atoms with Gasteiger partial charge in [0.1, 0.15) is 11.5 Å². The summed E-state index contributed by atoms with van der Waals surface area (Å²) in [5.74, 6) is -0.295. The molecule has 2 rings (SSSR count). The van der Waals surface area contributed by atoms with Gasteiger partial charge in [-0.05, 0) is 61.1 Å². The van der Waals surface area contributed by atoms with Crippen LogP contribution in [0.15, 0.2) is 60.7 Å². The Kier molecular flexibility index (Phi) is 13.4. The first kappa shape index (κ1) is 27.4. The van der Waals surface area contributed by atoms with Crippen molar-refractivity contribution in [2.45, 2.75) is 90.9 Å². The van der Waals surface area contributed by atoms with Gasteiger partial charge in [0.2, 0.25) is 0 Å². The van der Waals surface area contributed by atoms with Crippen LogP contribution in [0.25, 0.3) is 0 Å². The third-order valence-electron chi connectivity index (χ3n) is 5.78. The SMILES string of the molecule is CCCCCCCc1ccc(OC(=O)C=CC(=O)Oc2ccc(CCCCCCC)cc2)cc1. The molecule has 0 aliphatic carbocycles. The van der Waals surface area contributed by atoms with E-state index in [1.165, 1.54) is 75.3 Å². The van der Waals surface area contributed by atoms with Gasteiger partial charge < -0.3 is 9.47 Å². The van der Waals surface area contributed by atoms with Crippen LogP contribution in [0.3, 0.4) is 0 Å². The van der Waals surface area contributed by atoms with E-state index < -0.39 is 11.9 Å². The molecule has 0 atom stereocenters. The van der Waals surface area contributed by atoms with Crippen LogP contribution in [0.1, 0.15) is 89.2 Å². The molecular weight excluding hydrogens is 424 g/mol. The Morgan fingerprint density at radius 3 is 1.26 bits per heavy atom. The van der Waals surface area contributed by atoms with E-state index in [1.54, 1.807) is 24.3 Å². The maximum Gasteiger partial charge on any atom is 0.336 e. The van der Waals surface area contributed by atoms with Crippen LogP contribution in [0.5, 0.6) is 11.5 Å². The molecule has 34 heavy (non-hydrogen) atoms. The molecular formula is C30H40O4. The highest BCUT2D eigenvalue weighted by Crippen LogP contribution is 2.17. The van der Waals surface area contributed by atoms with Crippen molar-refractivity contribution in [2.24, 2.45) is 0 Å². The zero-order valence-corrected chi connectivity index (χ0v) is 20.9. The molecule has 0 aliphatic heterocycles. The average molecular weight is 465 g/mol. The number of aryl methyl sites for hydroxylation is 2. The van der Waals surface area contributed by atoms with Crippen molar-refractivity contribution in [3.05, 3.63) is 71.8 Å². The predicted octanol–water partition coefficient (Wildman–Crippen LogP) is 7.78. The third kappa shape index (κ3) is 11.8. The molecule has 0 radical (unpaired) electrons. The second kappa shape index (κ2) is 16.7. The van der Waals surface area contributed by atoms with Crippen molar-refractivity contribution in [3.63, 3.8) is 0 Å². The van der Waals surface area contributed by atoms with E-state index in [9.17, 15) is 9.59 Å². The van der Waals surface area contributed by atoms with Crippen LogP contribution in [0.2, 0.25) is 0 Å². The van der Waals surface area contributed by atoms with E-state index in [0.29, 0.717) is 11.5 Å². The summed E-state index contributed by atoms with van der Waals surface area (Å²) in [4.78, 5) is 24.0. The largest absolute Gasteiger partial charge is 0.423 e. The van der Waals surface area contributed by atoms with Gasteiger partial charge in [-0.15, -0.1) is 0 Å². The highest BCUT2D eigenvalue weighted by molar-refractivity contribution is 5.93. The highest BCUT2D eigenvalue weighted by atomic mass is 16.5. The van der Waals surface area contributed by atoms with Crippen molar-refractivity contribution in [1.82, 2.24) is 0 Å². The second-order valence-corrected chi connectivity index (χ2v) is 8.79. The Labute approximate surface area is 205 Å². The Hall–Kier alpha value is -2.88. The van der Waals surface area contributed by atoms with Crippen LogP contribution < -0.4 is 9.47 Å². The van der Waals surface area contributed by atoms with Gasteiger partial charge in [-0.3, -0.25) is 0 Å². The maximum atomic E-state index is 12.0. The normalized spacial score (nSPS) is 11.0. The number of unbranched alkanes of at least 4 members (excludes halogenated alkanes) is 8. The molecule has 0 saturated heterocycles. The molecule has 4 nitrogen and oxygen atoms in total. The number of ether oxygens (including phenoxy) is 2. The molecule has 0 aromatic heterocycles. The first-order valence-electron chi connectivity index (χ1n) is 12.9. The van der Waals surface area contributed by atoms with Gasteiger partial charge in [-0.25, -0.2) is 9.59 Å². The van der Waals surface area contributed by atoms with Crippen LogP contribution in [-0.2, 0) is 22.4 Å². The number of carbonyl (C=O) groups excluding carboxylic acids is 2. The summed E-state index contributed by atoms with van der Waals surface area (Å²) in [6.07, 6.45) is 16.7. The molecule has 0 N–H and O–H groups in total. The molecule has 0 aliphatic rings.